The fraction of sp³-hybridized carbons (Fsp3) is 0.562. The van der Waals surface area contributed by atoms with Crippen LogP contribution < -0.4 is 10.6 Å². The molecule has 2 atom stereocenters. The second-order valence-electron chi connectivity index (χ2n) is 5.99. The van der Waals surface area contributed by atoms with Gasteiger partial charge in [-0.3, -0.25) is 0 Å². The van der Waals surface area contributed by atoms with Crippen molar-refractivity contribution in [1.82, 2.24) is 5.32 Å². The lowest BCUT2D eigenvalue weighted by Crippen LogP contribution is -2.46. The highest BCUT2D eigenvalue weighted by atomic mass is 16.5. The number of benzene rings is 1. The molecule has 2 amide bonds. The first-order valence-corrected chi connectivity index (χ1v) is 7.33. The molecule has 0 heterocycles. The molecule has 5 nitrogen and oxygen atoms in total. The first-order valence-electron chi connectivity index (χ1n) is 7.33. The van der Waals surface area contributed by atoms with E-state index in [-0.39, 0.29) is 24.1 Å². The van der Waals surface area contributed by atoms with Crippen molar-refractivity contribution in [2.75, 3.05) is 19.0 Å². The first kappa shape index (κ1) is 15.8. The van der Waals surface area contributed by atoms with Crippen molar-refractivity contribution in [3.05, 3.63) is 29.8 Å². The highest BCUT2D eigenvalue weighted by Crippen LogP contribution is 2.37. The van der Waals surface area contributed by atoms with Gasteiger partial charge >= 0.3 is 6.03 Å². The molecule has 1 aromatic carbocycles. The van der Waals surface area contributed by atoms with Crippen molar-refractivity contribution in [2.45, 2.75) is 38.8 Å². The van der Waals surface area contributed by atoms with Gasteiger partial charge in [-0.25, -0.2) is 4.79 Å². The van der Waals surface area contributed by atoms with Crippen LogP contribution in [0.25, 0.3) is 0 Å². The minimum Gasteiger partial charge on any atom is -0.396 e. The van der Waals surface area contributed by atoms with Gasteiger partial charge in [0.15, 0.2) is 0 Å². The Kier molecular flexibility index (Phi) is 5.20. The fourth-order valence-electron chi connectivity index (χ4n) is 2.90. The van der Waals surface area contributed by atoms with Gasteiger partial charge in [-0.05, 0) is 30.5 Å². The maximum absolute atomic E-state index is 12.1. The Bertz CT molecular complexity index is 492. The summed E-state index contributed by atoms with van der Waals surface area (Å²) < 4.78 is 5.08. The smallest absolute Gasteiger partial charge is 0.319 e. The lowest BCUT2D eigenvalue weighted by molar-refractivity contribution is 0.122. The second-order valence-corrected chi connectivity index (χ2v) is 5.99. The Morgan fingerprint density at radius 1 is 1.52 bits per heavy atom. The number of carbonyl (C=O) groups is 1. The molecule has 3 N–H and O–H groups in total. The third-order valence-corrected chi connectivity index (χ3v) is 4.24. The van der Waals surface area contributed by atoms with E-state index in [1.807, 2.05) is 31.2 Å². The predicted octanol–water partition coefficient (Wildman–Crippen LogP) is 2.51. The van der Waals surface area contributed by atoms with Gasteiger partial charge in [-0.1, -0.05) is 25.5 Å². The van der Waals surface area contributed by atoms with Crippen molar-refractivity contribution >= 4 is 11.7 Å². The number of nitrogens with one attached hydrogen (secondary N) is 2. The Labute approximate surface area is 125 Å². The van der Waals surface area contributed by atoms with E-state index in [1.165, 1.54) is 0 Å². The number of methoxy groups -OCH3 is 1. The number of rotatable bonds is 5. The normalized spacial score (nSPS) is 24.8. The highest BCUT2D eigenvalue weighted by Gasteiger charge is 2.39. The lowest BCUT2D eigenvalue weighted by Gasteiger charge is -2.30. The van der Waals surface area contributed by atoms with Crippen molar-refractivity contribution in [3.8, 4) is 0 Å². The van der Waals surface area contributed by atoms with E-state index in [2.05, 4.69) is 10.6 Å². The largest absolute Gasteiger partial charge is 0.396 e. The third kappa shape index (κ3) is 3.95. The van der Waals surface area contributed by atoms with E-state index in [9.17, 15) is 9.90 Å². The molecule has 2 rings (SSSR count). The standard InChI is InChI=1S/C16H24N2O3/c1-16(11-19)8-4-7-14(16)18-15(20)17-13-6-3-5-12(9-13)10-21-2/h3,5-6,9,14,19H,4,7-8,10-11H2,1-2H3,(H2,17,18,20). The van der Waals surface area contributed by atoms with E-state index in [0.717, 1.165) is 30.5 Å². The molecule has 116 valence electrons. The number of aliphatic hydroxyl groups excluding tert-OH is 1. The second kappa shape index (κ2) is 6.91. The fourth-order valence-corrected chi connectivity index (χ4v) is 2.90. The van der Waals surface area contributed by atoms with Gasteiger partial charge in [0.2, 0.25) is 0 Å². The molecule has 0 aromatic heterocycles. The van der Waals surface area contributed by atoms with Crippen molar-refractivity contribution in [3.63, 3.8) is 0 Å². The number of amides is 2. The van der Waals surface area contributed by atoms with Crippen molar-refractivity contribution in [2.24, 2.45) is 5.41 Å². The number of carbonyl (C=O) groups excluding carboxylic acids is 1. The zero-order chi connectivity index (χ0) is 15.3. The van der Waals surface area contributed by atoms with E-state index < -0.39 is 0 Å². The number of urea groups is 1. The Morgan fingerprint density at radius 2 is 2.33 bits per heavy atom. The molecule has 1 aliphatic carbocycles. The van der Waals surface area contributed by atoms with Crippen LogP contribution in [0.3, 0.4) is 0 Å². The number of aliphatic hydroxyl groups is 1. The molecule has 0 bridgehead atoms. The van der Waals surface area contributed by atoms with Crippen LogP contribution in [0.1, 0.15) is 31.7 Å². The molecule has 0 radical (unpaired) electrons. The Balaban J connectivity index is 1.94. The van der Waals surface area contributed by atoms with Crippen LogP contribution >= 0.6 is 0 Å². The zero-order valence-electron chi connectivity index (χ0n) is 12.7. The van der Waals surface area contributed by atoms with E-state index in [4.69, 9.17) is 4.74 Å². The average molecular weight is 292 g/mol. The summed E-state index contributed by atoms with van der Waals surface area (Å²) in [7, 11) is 1.64. The third-order valence-electron chi connectivity index (χ3n) is 4.24. The quantitative estimate of drug-likeness (QED) is 0.781. The first-order chi connectivity index (χ1) is 10.1. The van der Waals surface area contributed by atoms with Gasteiger partial charge in [-0.15, -0.1) is 0 Å². The topological polar surface area (TPSA) is 70.6 Å². The minimum atomic E-state index is -0.226. The van der Waals surface area contributed by atoms with Crippen LogP contribution in [0.15, 0.2) is 24.3 Å². The highest BCUT2D eigenvalue weighted by molar-refractivity contribution is 5.89. The van der Waals surface area contributed by atoms with E-state index in [0.29, 0.717) is 6.61 Å². The molecule has 0 spiro atoms. The van der Waals surface area contributed by atoms with Gasteiger partial charge in [0.05, 0.1) is 13.2 Å². The maximum atomic E-state index is 12.1. The van der Waals surface area contributed by atoms with Crippen LogP contribution in [0.5, 0.6) is 0 Å². The number of anilines is 1. The van der Waals surface area contributed by atoms with E-state index in [1.54, 1.807) is 7.11 Å². The molecule has 1 fully saturated rings. The molecular formula is C16H24N2O3. The lowest BCUT2D eigenvalue weighted by atomic mass is 9.86. The summed E-state index contributed by atoms with van der Waals surface area (Å²) >= 11 is 0. The summed E-state index contributed by atoms with van der Waals surface area (Å²) in [5.74, 6) is 0. The molecule has 1 aliphatic rings. The zero-order valence-corrected chi connectivity index (χ0v) is 12.7. The summed E-state index contributed by atoms with van der Waals surface area (Å²) in [6, 6.07) is 7.37. The van der Waals surface area contributed by atoms with Crippen LogP contribution in [0.4, 0.5) is 10.5 Å². The average Bonchev–Trinajstić information content (AvgIpc) is 2.81. The number of hydrogen-bond donors (Lipinski definition) is 3. The monoisotopic (exact) mass is 292 g/mol. The van der Waals surface area contributed by atoms with Gasteiger partial charge in [0.25, 0.3) is 0 Å². The van der Waals surface area contributed by atoms with Gasteiger partial charge in [0, 0.05) is 24.3 Å². The molecule has 0 saturated heterocycles. The van der Waals surface area contributed by atoms with Gasteiger partial charge < -0.3 is 20.5 Å². The molecule has 1 aromatic rings. The number of ether oxygens (including phenoxy) is 1. The van der Waals surface area contributed by atoms with Crippen LogP contribution in [0, 0.1) is 5.41 Å². The van der Waals surface area contributed by atoms with Crippen LogP contribution in [0.2, 0.25) is 0 Å². The predicted molar refractivity (Wildman–Crippen MR) is 82.1 cm³/mol. The van der Waals surface area contributed by atoms with Crippen LogP contribution in [-0.2, 0) is 11.3 Å². The van der Waals surface area contributed by atoms with E-state index >= 15 is 0 Å². The summed E-state index contributed by atoms with van der Waals surface area (Å²) in [4.78, 5) is 12.1. The van der Waals surface area contributed by atoms with Gasteiger partial charge in [-0.2, -0.15) is 0 Å². The van der Waals surface area contributed by atoms with Crippen molar-refractivity contribution < 1.29 is 14.6 Å². The molecule has 1 saturated carbocycles. The van der Waals surface area contributed by atoms with Gasteiger partial charge in [0.1, 0.15) is 0 Å². The maximum Gasteiger partial charge on any atom is 0.319 e. The molecule has 2 unspecified atom stereocenters. The summed E-state index contributed by atoms with van der Waals surface area (Å²) in [5, 5.41) is 15.3. The van der Waals surface area contributed by atoms with Crippen LogP contribution in [-0.4, -0.2) is 30.9 Å². The SMILES string of the molecule is COCc1cccc(NC(=O)NC2CCCC2(C)CO)c1. The number of hydrogen-bond acceptors (Lipinski definition) is 3. The Hall–Kier alpha value is -1.59. The molecule has 0 aliphatic heterocycles. The summed E-state index contributed by atoms with van der Waals surface area (Å²) in [6.07, 6.45) is 2.89. The molecule has 21 heavy (non-hydrogen) atoms. The molecular weight excluding hydrogens is 268 g/mol. The molecule has 5 heteroatoms. The van der Waals surface area contributed by atoms with Crippen molar-refractivity contribution in [1.29, 1.82) is 0 Å². The Morgan fingerprint density at radius 3 is 3.05 bits per heavy atom. The minimum absolute atomic E-state index is 0.0182. The summed E-state index contributed by atoms with van der Waals surface area (Å²) in [6.45, 7) is 2.63. The summed E-state index contributed by atoms with van der Waals surface area (Å²) in [5.41, 5.74) is 1.54.